The quantitative estimate of drug-likeness (QED) is 0.703. The van der Waals surface area contributed by atoms with Crippen LogP contribution in [-0.2, 0) is 14.3 Å². The maximum Gasteiger partial charge on any atom is 0.310 e. The molecule has 104 valence electrons. The minimum atomic E-state index is -0.0112. The summed E-state index contributed by atoms with van der Waals surface area (Å²) in [7, 11) is 0. The van der Waals surface area contributed by atoms with Gasteiger partial charge in [0, 0.05) is 19.2 Å². The second-order valence-electron chi connectivity index (χ2n) is 5.29. The molecule has 0 bridgehead atoms. The van der Waals surface area contributed by atoms with Crippen molar-refractivity contribution >= 4 is 5.97 Å². The molecule has 0 radical (unpaired) electrons. The van der Waals surface area contributed by atoms with Gasteiger partial charge in [-0.15, -0.1) is 0 Å². The number of piperidine rings is 1. The molecule has 1 saturated heterocycles. The lowest BCUT2D eigenvalue weighted by Crippen LogP contribution is -2.52. The molecule has 18 heavy (non-hydrogen) atoms. The Morgan fingerprint density at radius 1 is 1.28 bits per heavy atom. The van der Waals surface area contributed by atoms with Crippen molar-refractivity contribution < 1.29 is 14.3 Å². The lowest BCUT2D eigenvalue weighted by atomic mass is 9.85. The Balaban J connectivity index is 1.76. The Kier molecular flexibility index (Phi) is 5.01. The predicted octanol–water partition coefficient (Wildman–Crippen LogP) is 1.83. The minimum absolute atomic E-state index is 0.0112. The molecule has 0 aromatic heterocycles. The second-order valence-corrected chi connectivity index (χ2v) is 5.29. The summed E-state index contributed by atoms with van der Waals surface area (Å²) >= 11 is 0. The Bertz CT molecular complexity index is 276. The van der Waals surface area contributed by atoms with E-state index in [1.165, 1.54) is 0 Å². The Morgan fingerprint density at radius 3 is 2.72 bits per heavy atom. The molecular formula is C14H25NO3. The molecule has 0 spiro atoms. The normalized spacial score (nSPS) is 32.9. The van der Waals surface area contributed by atoms with Gasteiger partial charge in [0.25, 0.3) is 0 Å². The molecule has 0 unspecified atom stereocenters. The fraction of sp³-hybridized carbons (Fsp3) is 0.929. The van der Waals surface area contributed by atoms with E-state index in [2.05, 4.69) is 4.90 Å². The molecule has 0 amide bonds. The maximum atomic E-state index is 11.8. The standard InChI is InChI=1S/C14H25NO3/c1-3-17-13-8-12(9-13)15-7-5-6-11(10-15)14(16)18-4-2/h11-13H,3-10H2,1-2H3/t11-,12?,13?/m0/s1. The van der Waals surface area contributed by atoms with Crippen LogP contribution in [0.5, 0.6) is 0 Å². The topological polar surface area (TPSA) is 38.8 Å². The van der Waals surface area contributed by atoms with Crippen LogP contribution < -0.4 is 0 Å². The number of ether oxygens (including phenoxy) is 2. The van der Waals surface area contributed by atoms with Gasteiger partial charge < -0.3 is 9.47 Å². The highest BCUT2D eigenvalue weighted by Gasteiger charge is 2.37. The first kappa shape index (κ1) is 13.8. The zero-order chi connectivity index (χ0) is 13.0. The third-order valence-corrected chi connectivity index (χ3v) is 4.06. The molecule has 2 aliphatic rings. The summed E-state index contributed by atoms with van der Waals surface area (Å²) in [6, 6.07) is 0.624. The number of esters is 1. The lowest BCUT2D eigenvalue weighted by Gasteiger charge is -2.45. The van der Waals surface area contributed by atoms with E-state index in [4.69, 9.17) is 9.47 Å². The van der Waals surface area contributed by atoms with Crippen LogP contribution in [0.2, 0.25) is 0 Å². The Labute approximate surface area is 110 Å². The zero-order valence-corrected chi connectivity index (χ0v) is 11.6. The van der Waals surface area contributed by atoms with Crippen LogP contribution in [-0.4, -0.2) is 49.3 Å². The van der Waals surface area contributed by atoms with E-state index < -0.39 is 0 Å². The summed E-state index contributed by atoms with van der Waals surface area (Å²) < 4.78 is 10.7. The van der Waals surface area contributed by atoms with Gasteiger partial charge >= 0.3 is 5.97 Å². The Hall–Kier alpha value is -0.610. The first-order chi connectivity index (χ1) is 8.74. The number of carbonyl (C=O) groups excluding carboxylic acids is 1. The number of hydrogen-bond acceptors (Lipinski definition) is 4. The molecule has 1 aliphatic carbocycles. The highest BCUT2D eigenvalue weighted by Crippen LogP contribution is 2.31. The largest absolute Gasteiger partial charge is 0.466 e. The van der Waals surface area contributed by atoms with Crippen LogP contribution in [0.3, 0.4) is 0 Å². The van der Waals surface area contributed by atoms with Crippen molar-refractivity contribution in [1.82, 2.24) is 4.90 Å². The van der Waals surface area contributed by atoms with Gasteiger partial charge in [-0.05, 0) is 46.1 Å². The van der Waals surface area contributed by atoms with Crippen LogP contribution >= 0.6 is 0 Å². The molecular weight excluding hydrogens is 230 g/mol. The fourth-order valence-electron chi connectivity index (χ4n) is 3.00. The fourth-order valence-corrected chi connectivity index (χ4v) is 3.00. The van der Waals surface area contributed by atoms with Crippen molar-refractivity contribution in [3.63, 3.8) is 0 Å². The lowest BCUT2D eigenvalue weighted by molar-refractivity contribution is -0.151. The van der Waals surface area contributed by atoms with Gasteiger partial charge in [0.15, 0.2) is 0 Å². The minimum Gasteiger partial charge on any atom is -0.466 e. The summed E-state index contributed by atoms with van der Waals surface area (Å²) in [5, 5.41) is 0. The van der Waals surface area contributed by atoms with E-state index in [1.807, 2.05) is 13.8 Å². The van der Waals surface area contributed by atoms with Crippen LogP contribution in [0, 0.1) is 5.92 Å². The molecule has 0 N–H and O–H groups in total. The van der Waals surface area contributed by atoms with Crippen molar-refractivity contribution in [3.05, 3.63) is 0 Å². The predicted molar refractivity (Wildman–Crippen MR) is 69.4 cm³/mol. The molecule has 4 nitrogen and oxygen atoms in total. The van der Waals surface area contributed by atoms with E-state index >= 15 is 0 Å². The molecule has 2 fully saturated rings. The number of carbonyl (C=O) groups is 1. The van der Waals surface area contributed by atoms with E-state index in [1.54, 1.807) is 0 Å². The second kappa shape index (κ2) is 6.53. The maximum absolute atomic E-state index is 11.8. The molecule has 2 rings (SSSR count). The highest BCUT2D eigenvalue weighted by molar-refractivity contribution is 5.72. The third-order valence-electron chi connectivity index (χ3n) is 4.06. The molecule has 1 atom stereocenters. The van der Waals surface area contributed by atoms with Gasteiger partial charge in [-0.25, -0.2) is 0 Å². The summed E-state index contributed by atoms with van der Waals surface area (Å²) in [6.45, 7) is 7.22. The number of rotatable bonds is 5. The molecule has 1 aliphatic heterocycles. The SMILES string of the molecule is CCOC(=O)[C@H]1CCCN(C2CC(OCC)C2)C1. The van der Waals surface area contributed by atoms with Crippen molar-refractivity contribution in [2.75, 3.05) is 26.3 Å². The van der Waals surface area contributed by atoms with E-state index in [9.17, 15) is 4.79 Å². The van der Waals surface area contributed by atoms with Crippen LogP contribution in [0.1, 0.15) is 39.5 Å². The smallest absolute Gasteiger partial charge is 0.310 e. The first-order valence-electron chi connectivity index (χ1n) is 7.26. The van der Waals surface area contributed by atoms with Crippen LogP contribution in [0.25, 0.3) is 0 Å². The van der Waals surface area contributed by atoms with Crippen molar-refractivity contribution in [2.24, 2.45) is 5.92 Å². The summed E-state index contributed by atoms with van der Waals surface area (Å²) in [6.07, 6.45) is 4.80. The average molecular weight is 255 g/mol. The van der Waals surface area contributed by atoms with E-state index in [0.717, 1.165) is 45.4 Å². The van der Waals surface area contributed by atoms with Crippen LogP contribution in [0.4, 0.5) is 0 Å². The average Bonchev–Trinajstić information content (AvgIpc) is 2.34. The summed E-state index contributed by atoms with van der Waals surface area (Å²) in [5.41, 5.74) is 0. The zero-order valence-electron chi connectivity index (χ0n) is 11.6. The number of hydrogen-bond donors (Lipinski definition) is 0. The van der Waals surface area contributed by atoms with Gasteiger partial charge in [0.05, 0.1) is 18.6 Å². The van der Waals surface area contributed by atoms with Gasteiger partial charge in [0.1, 0.15) is 0 Å². The van der Waals surface area contributed by atoms with Crippen molar-refractivity contribution in [1.29, 1.82) is 0 Å². The molecule has 0 aromatic rings. The summed E-state index contributed by atoms with van der Waals surface area (Å²) in [5.74, 6) is 0.0766. The molecule has 1 heterocycles. The monoisotopic (exact) mass is 255 g/mol. The third kappa shape index (κ3) is 3.23. The van der Waals surface area contributed by atoms with Gasteiger partial charge in [-0.1, -0.05) is 0 Å². The molecule has 4 heteroatoms. The van der Waals surface area contributed by atoms with Crippen molar-refractivity contribution in [2.45, 2.75) is 51.7 Å². The Morgan fingerprint density at radius 2 is 2.06 bits per heavy atom. The van der Waals surface area contributed by atoms with Gasteiger partial charge in [-0.2, -0.15) is 0 Å². The number of likely N-dealkylation sites (tertiary alicyclic amines) is 1. The summed E-state index contributed by atoms with van der Waals surface area (Å²) in [4.78, 5) is 14.2. The van der Waals surface area contributed by atoms with E-state index in [-0.39, 0.29) is 11.9 Å². The van der Waals surface area contributed by atoms with Gasteiger partial charge in [0.2, 0.25) is 0 Å². The number of nitrogens with zero attached hydrogens (tertiary/aromatic N) is 1. The van der Waals surface area contributed by atoms with Crippen LogP contribution in [0.15, 0.2) is 0 Å². The highest BCUT2D eigenvalue weighted by atomic mass is 16.5. The first-order valence-corrected chi connectivity index (χ1v) is 7.26. The molecule has 0 aromatic carbocycles. The van der Waals surface area contributed by atoms with Crippen molar-refractivity contribution in [3.8, 4) is 0 Å². The van der Waals surface area contributed by atoms with Gasteiger partial charge in [-0.3, -0.25) is 9.69 Å². The van der Waals surface area contributed by atoms with E-state index in [0.29, 0.717) is 18.8 Å². The molecule has 1 saturated carbocycles.